The Morgan fingerprint density at radius 2 is 1.33 bits per heavy atom. The van der Waals surface area contributed by atoms with Crippen molar-refractivity contribution in [1.29, 1.82) is 0 Å². The molecule has 0 unspecified atom stereocenters. The summed E-state index contributed by atoms with van der Waals surface area (Å²) in [5, 5.41) is 0. The van der Waals surface area contributed by atoms with E-state index < -0.39 is 0 Å². The second-order valence-electron chi connectivity index (χ2n) is 5.91. The zero-order valence-corrected chi connectivity index (χ0v) is 11.7. The van der Waals surface area contributed by atoms with Gasteiger partial charge in [0.25, 0.3) is 0 Å². The van der Waals surface area contributed by atoms with Crippen molar-refractivity contribution in [3.8, 4) is 0 Å². The lowest BCUT2D eigenvalue weighted by Crippen LogP contribution is -2.30. The highest BCUT2D eigenvalue weighted by atomic mass is 16.5. The molecule has 0 aliphatic heterocycles. The summed E-state index contributed by atoms with van der Waals surface area (Å²) in [7, 11) is 3.33. The van der Waals surface area contributed by atoms with Gasteiger partial charge in [-0.05, 0) is 63.2 Å². The van der Waals surface area contributed by atoms with E-state index in [-0.39, 0.29) is 11.9 Å². The smallest absolute Gasteiger partial charge is 0.308 e. The van der Waals surface area contributed by atoms with E-state index in [2.05, 4.69) is 0 Å². The monoisotopic (exact) mass is 254 g/mol. The van der Waals surface area contributed by atoms with Crippen LogP contribution in [0.3, 0.4) is 0 Å². The summed E-state index contributed by atoms with van der Waals surface area (Å²) < 4.78 is 10.3. The summed E-state index contributed by atoms with van der Waals surface area (Å²) in [6, 6.07) is 0. The zero-order chi connectivity index (χ0) is 13.0. The molecule has 2 aliphatic rings. The van der Waals surface area contributed by atoms with E-state index in [9.17, 15) is 4.79 Å². The third-order valence-corrected chi connectivity index (χ3v) is 5.03. The van der Waals surface area contributed by atoms with Gasteiger partial charge >= 0.3 is 5.97 Å². The van der Waals surface area contributed by atoms with E-state index in [1.807, 2.05) is 7.11 Å². The van der Waals surface area contributed by atoms with E-state index in [1.165, 1.54) is 45.6 Å². The van der Waals surface area contributed by atoms with E-state index in [4.69, 9.17) is 9.47 Å². The van der Waals surface area contributed by atoms with E-state index in [1.54, 1.807) is 0 Å². The molecular formula is C15H26O3. The number of esters is 1. The average molecular weight is 254 g/mol. The second kappa shape index (κ2) is 6.55. The maximum absolute atomic E-state index is 11.5. The molecule has 0 saturated heterocycles. The topological polar surface area (TPSA) is 35.5 Å². The summed E-state index contributed by atoms with van der Waals surface area (Å²) in [6.07, 6.45) is 10.0. The second-order valence-corrected chi connectivity index (χ2v) is 5.91. The average Bonchev–Trinajstić information content (AvgIpc) is 2.47. The molecule has 0 amide bonds. The van der Waals surface area contributed by atoms with E-state index >= 15 is 0 Å². The van der Waals surface area contributed by atoms with Crippen LogP contribution in [-0.4, -0.2) is 26.3 Å². The summed E-state index contributed by atoms with van der Waals surface area (Å²) in [5.74, 6) is 1.87. The van der Waals surface area contributed by atoms with Crippen LogP contribution in [0, 0.1) is 17.8 Å². The minimum Gasteiger partial charge on any atom is -0.469 e. The molecule has 0 spiro atoms. The predicted molar refractivity (Wildman–Crippen MR) is 70.2 cm³/mol. The zero-order valence-electron chi connectivity index (χ0n) is 11.7. The van der Waals surface area contributed by atoms with E-state index in [0.717, 1.165) is 24.7 Å². The lowest BCUT2D eigenvalue weighted by atomic mass is 9.70. The van der Waals surface area contributed by atoms with Crippen molar-refractivity contribution in [2.45, 2.75) is 57.5 Å². The first kappa shape index (κ1) is 13.9. The highest BCUT2D eigenvalue weighted by Crippen LogP contribution is 2.40. The van der Waals surface area contributed by atoms with Gasteiger partial charge in [-0.1, -0.05) is 0 Å². The van der Waals surface area contributed by atoms with Gasteiger partial charge in [-0.2, -0.15) is 0 Å². The largest absolute Gasteiger partial charge is 0.469 e. The van der Waals surface area contributed by atoms with Gasteiger partial charge in [0.15, 0.2) is 0 Å². The molecule has 3 nitrogen and oxygen atoms in total. The van der Waals surface area contributed by atoms with Crippen LogP contribution in [0.4, 0.5) is 0 Å². The van der Waals surface area contributed by atoms with Crippen LogP contribution in [0.5, 0.6) is 0 Å². The molecule has 0 bridgehead atoms. The Balaban J connectivity index is 1.75. The first-order chi connectivity index (χ1) is 8.74. The van der Waals surface area contributed by atoms with Crippen LogP contribution in [0.2, 0.25) is 0 Å². The molecule has 2 aliphatic carbocycles. The number of methoxy groups -OCH3 is 2. The Morgan fingerprint density at radius 3 is 1.78 bits per heavy atom. The third-order valence-electron chi connectivity index (χ3n) is 5.03. The maximum Gasteiger partial charge on any atom is 0.308 e. The van der Waals surface area contributed by atoms with Crippen LogP contribution in [0.1, 0.15) is 51.4 Å². The number of ether oxygens (including phenoxy) is 2. The molecule has 0 heterocycles. The van der Waals surface area contributed by atoms with Gasteiger partial charge in [-0.15, -0.1) is 0 Å². The van der Waals surface area contributed by atoms with E-state index in [0.29, 0.717) is 6.10 Å². The fourth-order valence-corrected chi connectivity index (χ4v) is 3.79. The molecule has 2 rings (SSSR count). The van der Waals surface area contributed by atoms with Gasteiger partial charge in [0.1, 0.15) is 0 Å². The van der Waals surface area contributed by atoms with Crippen LogP contribution in [0.15, 0.2) is 0 Å². The molecule has 0 aromatic rings. The number of hydrogen-bond donors (Lipinski definition) is 0. The number of carbonyl (C=O) groups excluding carboxylic acids is 1. The minimum absolute atomic E-state index is 0.00320. The Morgan fingerprint density at radius 1 is 0.833 bits per heavy atom. The Hall–Kier alpha value is -0.570. The van der Waals surface area contributed by atoms with Gasteiger partial charge < -0.3 is 9.47 Å². The highest BCUT2D eigenvalue weighted by molar-refractivity contribution is 5.72. The van der Waals surface area contributed by atoms with Crippen LogP contribution < -0.4 is 0 Å². The van der Waals surface area contributed by atoms with Gasteiger partial charge in [0, 0.05) is 7.11 Å². The minimum atomic E-state index is -0.00320. The number of rotatable bonds is 3. The molecule has 0 aromatic carbocycles. The van der Waals surface area contributed by atoms with Crippen LogP contribution >= 0.6 is 0 Å². The standard InChI is InChI=1S/C15H26O3/c1-17-14-9-7-12(8-10-14)11-3-5-13(6-4-11)15(16)18-2/h11-14H,3-10H2,1-2H3. The summed E-state index contributed by atoms with van der Waals surface area (Å²) in [5.41, 5.74) is 0. The lowest BCUT2D eigenvalue weighted by Gasteiger charge is -2.36. The SMILES string of the molecule is COC(=O)C1CCC(C2CCC(OC)CC2)CC1. The molecule has 0 aromatic heterocycles. The van der Waals surface area contributed by atoms with Crippen molar-refractivity contribution in [3.05, 3.63) is 0 Å². The Labute approximate surface area is 110 Å². The summed E-state index contributed by atoms with van der Waals surface area (Å²) >= 11 is 0. The van der Waals surface area contributed by atoms with Crippen molar-refractivity contribution in [2.24, 2.45) is 17.8 Å². The van der Waals surface area contributed by atoms with Crippen molar-refractivity contribution in [3.63, 3.8) is 0 Å². The number of carbonyl (C=O) groups is 1. The third kappa shape index (κ3) is 3.25. The molecule has 0 atom stereocenters. The van der Waals surface area contributed by atoms with Crippen molar-refractivity contribution in [2.75, 3.05) is 14.2 Å². The van der Waals surface area contributed by atoms with Crippen molar-refractivity contribution < 1.29 is 14.3 Å². The quantitative estimate of drug-likeness (QED) is 0.726. The van der Waals surface area contributed by atoms with Gasteiger partial charge in [-0.25, -0.2) is 0 Å². The van der Waals surface area contributed by atoms with Gasteiger partial charge in [-0.3, -0.25) is 4.79 Å². The Bertz CT molecular complexity index is 261. The summed E-state index contributed by atoms with van der Waals surface area (Å²) in [4.78, 5) is 11.5. The number of hydrogen-bond acceptors (Lipinski definition) is 3. The fourth-order valence-electron chi connectivity index (χ4n) is 3.79. The molecule has 104 valence electrons. The maximum atomic E-state index is 11.5. The first-order valence-corrected chi connectivity index (χ1v) is 7.35. The van der Waals surface area contributed by atoms with Crippen LogP contribution in [-0.2, 0) is 14.3 Å². The summed E-state index contributed by atoms with van der Waals surface area (Å²) in [6.45, 7) is 0. The first-order valence-electron chi connectivity index (χ1n) is 7.35. The molecule has 3 heteroatoms. The highest BCUT2D eigenvalue weighted by Gasteiger charge is 2.33. The molecular weight excluding hydrogens is 228 g/mol. The molecule has 2 fully saturated rings. The fraction of sp³-hybridized carbons (Fsp3) is 0.933. The van der Waals surface area contributed by atoms with Crippen molar-refractivity contribution in [1.82, 2.24) is 0 Å². The van der Waals surface area contributed by atoms with Gasteiger partial charge in [0.05, 0.1) is 19.1 Å². The van der Waals surface area contributed by atoms with Crippen molar-refractivity contribution >= 4 is 5.97 Å². The molecule has 2 saturated carbocycles. The Kier molecular flexibility index (Phi) is 5.04. The predicted octanol–water partition coefficient (Wildman–Crippen LogP) is 3.17. The van der Waals surface area contributed by atoms with Crippen LogP contribution in [0.25, 0.3) is 0 Å². The normalized spacial score (nSPS) is 37.2. The molecule has 0 N–H and O–H groups in total. The molecule has 0 radical (unpaired) electrons. The molecule has 18 heavy (non-hydrogen) atoms. The lowest BCUT2D eigenvalue weighted by molar-refractivity contribution is -0.147. The van der Waals surface area contributed by atoms with Gasteiger partial charge in [0.2, 0.25) is 0 Å².